The molecule has 124 valence electrons. The monoisotopic (exact) mass is 335 g/mol. The summed E-state index contributed by atoms with van der Waals surface area (Å²) in [6.07, 6.45) is 4.57. The predicted molar refractivity (Wildman–Crippen MR) is 92.8 cm³/mol. The molecule has 0 unspecified atom stereocenters. The minimum Gasteiger partial charge on any atom is -0.325 e. The van der Waals surface area contributed by atoms with E-state index in [4.69, 9.17) is 0 Å². The fraction of sp³-hybridized carbons (Fsp3) is 0.438. The Bertz CT molecular complexity index is 670. The number of hydrogen-bond acceptors (Lipinski definition) is 4. The highest BCUT2D eigenvalue weighted by atomic mass is 35.5. The van der Waals surface area contributed by atoms with E-state index >= 15 is 0 Å². The lowest BCUT2D eigenvalue weighted by Gasteiger charge is -2.09. The van der Waals surface area contributed by atoms with Gasteiger partial charge >= 0.3 is 0 Å². The summed E-state index contributed by atoms with van der Waals surface area (Å²) in [6.45, 7) is 1.26. The number of rotatable bonds is 4. The standard InChI is InChI=1S/C16H21N5O.ClH/c1-17-11-15(22)18-13-7-5-6-12(10-13)16-20-19-14-8-3-2-4-9-21(14)16;/h5-7,10,17H,2-4,8-9,11H2,1H3,(H,18,22);1H. The molecule has 0 saturated carbocycles. The van der Waals surface area contributed by atoms with E-state index in [0.717, 1.165) is 42.3 Å². The zero-order valence-electron chi connectivity index (χ0n) is 13.2. The molecule has 0 atom stereocenters. The average Bonchev–Trinajstić information content (AvgIpc) is 2.76. The van der Waals surface area contributed by atoms with Gasteiger partial charge in [0.05, 0.1) is 6.54 Å². The highest BCUT2D eigenvalue weighted by molar-refractivity contribution is 5.92. The summed E-state index contributed by atoms with van der Waals surface area (Å²) >= 11 is 0. The van der Waals surface area contributed by atoms with Gasteiger partial charge in [-0.05, 0) is 32.0 Å². The molecule has 0 aliphatic carbocycles. The normalized spacial score (nSPS) is 13.6. The van der Waals surface area contributed by atoms with Crippen LogP contribution in [0.25, 0.3) is 11.4 Å². The third-order valence-electron chi connectivity index (χ3n) is 3.85. The van der Waals surface area contributed by atoms with Crippen LogP contribution in [0.2, 0.25) is 0 Å². The maximum atomic E-state index is 11.7. The van der Waals surface area contributed by atoms with Crippen LogP contribution >= 0.6 is 12.4 Å². The molecule has 1 aromatic carbocycles. The lowest BCUT2D eigenvalue weighted by Crippen LogP contribution is -2.25. The van der Waals surface area contributed by atoms with Crippen molar-refractivity contribution in [2.24, 2.45) is 0 Å². The largest absolute Gasteiger partial charge is 0.325 e. The molecular weight excluding hydrogens is 314 g/mol. The van der Waals surface area contributed by atoms with E-state index in [9.17, 15) is 4.79 Å². The van der Waals surface area contributed by atoms with Gasteiger partial charge in [-0.2, -0.15) is 0 Å². The van der Waals surface area contributed by atoms with Gasteiger partial charge in [0.1, 0.15) is 5.82 Å². The van der Waals surface area contributed by atoms with E-state index < -0.39 is 0 Å². The fourth-order valence-electron chi connectivity index (χ4n) is 2.80. The maximum Gasteiger partial charge on any atom is 0.238 e. The molecule has 0 fully saturated rings. The molecule has 0 radical (unpaired) electrons. The van der Waals surface area contributed by atoms with Crippen molar-refractivity contribution in [3.8, 4) is 11.4 Å². The number of hydrogen-bond donors (Lipinski definition) is 2. The number of halogens is 1. The number of aryl methyl sites for hydroxylation is 1. The Kier molecular flexibility index (Phi) is 6.12. The summed E-state index contributed by atoms with van der Waals surface area (Å²) in [4.78, 5) is 11.7. The van der Waals surface area contributed by atoms with Gasteiger partial charge in [0, 0.05) is 24.2 Å². The van der Waals surface area contributed by atoms with Crippen molar-refractivity contribution >= 4 is 24.0 Å². The van der Waals surface area contributed by atoms with E-state index in [1.165, 1.54) is 12.8 Å². The maximum absolute atomic E-state index is 11.7. The van der Waals surface area contributed by atoms with Crippen LogP contribution in [0, 0.1) is 0 Å². The molecule has 1 amide bonds. The second kappa shape index (κ2) is 8.08. The smallest absolute Gasteiger partial charge is 0.238 e. The molecule has 1 aliphatic heterocycles. The van der Waals surface area contributed by atoms with Crippen LogP contribution in [0.5, 0.6) is 0 Å². The minimum absolute atomic E-state index is 0. The number of nitrogens with zero attached hydrogens (tertiary/aromatic N) is 3. The van der Waals surface area contributed by atoms with Gasteiger partial charge in [-0.25, -0.2) is 0 Å². The molecule has 0 saturated heterocycles. The van der Waals surface area contributed by atoms with Gasteiger partial charge in [-0.3, -0.25) is 4.79 Å². The molecule has 3 rings (SSSR count). The average molecular weight is 336 g/mol. The lowest BCUT2D eigenvalue weighted by molar-refractivity contribution is -0.115. The van der Waals surface area contributed by atoms with E-state index in [0.29, 0.717) is 6.54 Å². The van der Waals surface area contributed by atoms with Crippen LogP contribution in [0.1, 0.15) is 25.1 Å². The quantitative estimate of drug-likeness (QED) is 0.899. The van der Waals surface area contributed by atoms with Crippen molar-refractivity contribution in [1.29, 1.82) is 0 Å². The van der Waals surface area contributed by atoms with Gasteiger partial charge < -0.3 is 15.2 Å². The van der Waals surface area contributed by atoms with Crippen LogP contribution in [0.3, 0.4) is 0 Å². The summed E-state index contributed by atoms with van der Waals surface area (Å²) < 4.78 is 2.21. The summed E-state index contributed by atoms with van der Waals surface area (Å²) in [5.74, 6) is 1.90. The zero-order chi connectivity index (χ0) is 15.4. The lowest BCUT2D eigenvalue weighted by atomic mass is 10.2. The summed E-state index contributed by atoms with van der Waals surface area (Å²) in [7, 11) is 1.75. The van der Waals surface area contributed by atoms with Crippen molar-refractivity contribution in [3.05, 3.63) is 30.1 Å². The number of nitrogens with one attached hydrogen (secondary N) is 2. The fourth-order valence-corrected chi connectivity index (χ4v) is 2.80. The van der Waals surface area contributed by atoms with Crippen molar-refractivity contribution < 1.29 is 4.79 Å². The third-order valence-corrected chi connectivity index (χ3v) is 3.85. The van der Waals surface area contributed by atoms with Crippen LogP contribution < -0.4 is 10.6 Å². The Morgan fingerprint density at radius 3 is 2.96 bits per heavy atom. The second-order valence-corrected chi connectivity index (χ2v) is 5.56. The Labute approximate surface area is 142 Å². The van der Waals surface area contributed by atoms with E-state index in [1.807, 2.05) is 24.3 Å². The van der Waals surface area contributed by atoms with Crippen molar-refractivity contribution in [2.75, 3.05) is 18.9 Å². The van der Waals surface area contributed by atoms with Crippen LogP contribution in [-0.4, -0.2) is 34.3 Å². The molecule has 2 N–H and O–H groups in total. The van der Waals surface area contributed by atoms with Crippen LogP contribution in [0.4, 0.5) is 5.69 Å². The van der Waals surface area contributed by atoms with Crippen molar-refractivity contribution in [3.63, 3.8) is 0 Å². The molecule has 1 aliphatic rings. The number of benzene rings is 1. The summed E-state index contributed by atoms with van der Waals surface area (Å²) in [6, 6.07) is 7.78. The number of aromatic nitrogens is 3. The molecular formula is C16H22ClN5O. The SMILES string of the molecule is CNCC(=O)Nc1cccc(-c2nnc3n2CCCCC3)c1.Cl. The van der Waals surface area contributed by atoms with Gasteiger partial charge in [-0.1, -0.05) is 18.6 Å². The number of carbonyl (C=O) groups excluding carboxylic acids is 1. The van der Waals surface area contributed by atoms with Crippen molar-refractivity contribution in [1.82, 2.24) is 20.1 Å². The Hall–Kier alpha value is -1.92. The van der Waals surface area contributed by atoms with Gasteiger partial charge in [0.15, 0.2) is 5.82 Å². The highest BCUT2D eigenvalue weighted by Crippen LogP contribution is 2.24. The van der Waals surface area contributed by atoms with Gasteiger partial charge in [-0.15, -0.1) is 22.6 Å². The summed E-state index contributed by atoms with van der Waals surface area (Å²) in [5.41, 5.74) is 1.77. The van der Waals surface area contributed by atoms with E-state index in [-0.39, 0.29) is 18.3 Å². The topological polar surface area (TPSA) is 71.8 Å². The predicted octanol–water partition coefficient (Wildman–Crippen LogP) is 2.25. The number of amides is 1. The molecule has 23 heavy (non-hydrogen) atoms. The number of likely N-dealkylation sites (N-methyl/N-ethyl adjacent to an activating group) is 1. The van der Waals surface area contributed by atoms with Crippen LogP contribution in [0.15, 0.2) is 24.3 Å². The summed E-state index contributed by atoms with van der Waals surface area (Å²) in [5, 5.41) is 14.4. The Balaban J connectivity index is 0.00000192. The van der Waals surface area contributed by atoms with Gasteiger partial charge in [0.25, 0.3) is 0 Å². The first-order valence-electron chi connectivity index (χ1n) is 7.75. The van der Waals surface area contributed by atoms with Crippen LogP contribution in [-0.2, 0) is 17.8 Å². The first kappa shape index (κ1) is 17.4. The first-order valence-corrected chi connectivity index (χ1v) is 7.75. The molecule has 0 spiro atoms. The van der Waals surface area contributed by atoms with E-state index in [2.05, 4.69) is 25.4 Å². The first-order chi connectivity index (χ1) is 10.8. The van der Waals surface area contributed by atoms with E-state index in [1.54, 1.807) is 7.05 Å². The molecule has 2 aromatic rings. The number of anilines is 1. The molecule has 0 bridgehead atoms. The Morgan fingerprint density at radius 2 is 2.13 bits per heavy atom. The molecule has 6 nitrogen and oxygen atoms in total. The Morgan fingerprint density at radius 1 is 1.26 bits per heavy atom. The minimum atomic E-state index is -0.0558. The second-order valence-electron chi connectivity index (χ2n) is 5.56. The van der Waals surface area contributed by atoms with Gasteiger partial charge in [0.2, 0.25) is 5.91 Å². The third kappa shape index (κ3) is 4.09. The highest BCUT2D eigenvalue weighted by Gasteiger charge is 2.16. The molecule has 2 heterocycles. The molecule has 7 heteroatoms. The molecule has 1 aromatic heterocycles. The number of fused-ring (bicyclic) bond motifs is 1. The van der Waals surface area contributed by atoms with Crippen molar-refractivity contribution in [2.45, 2.75) is 32.2 Å². The zero-order valence-corrected chi connectivity index (χ0v) is 14.0. The number of carbonyl (C=O) groups is 1.